The Morgan fingerprint density at radius 2 is 1.93 bits per heavy atom. The van der Waals surface area contributed by atoms with Gasteiger partial charge in [0, 0.05) is 6.54 Å². The molecule has 1 amide bonds. The molecule has 3 N–H and O–H groups in total. The lowest BCUT2D eigenvalue weighted by atomic mass is 9.96. The lowest BCUT2D eigenvalue weighted by Crippen LogP contribution is -2.53. The molecule has 2 aromatic carbocycles. The molecule has 6 heteroatoms. The highest BCUT2D eigenvalue weighted by Crippen LogP contribution is 2.39. The Bertz CT molecular complexity index is 967. The fourth-order valence-corrected chi connectivity index (χ4v) is 3.35. The minimum atomic E-state index is -0.369. The maximum absolute atomic E-state index is 12.5. The molecule has 1 heterocycles. The number of rotatable bonds is 7. The number of nitrogens with two attached hydrogens (primary N) is 1. The molecule has 0 aliphatic heterocycles. The molecule has 1 aromatic heterocycles. The Morgan fingerprint density at radius 3 is 2.64 bits per heavy atom. The standard InChI is InChI=1S/C22H24N2O3.ClH/c1-22(14-23,17-7-8-17)24-21(25)20-11-10-19(27-20)13-26-18-9-6-15-4-2-3-5-16(15)12-18;/h2-6,9-12,17H,7-8,13-14,23H2,1H3,(H,24,25);1H. The van der Waals surface area contributed by atoms with Crippen LogP contribution in [0.3, 0.4) is 0 Å². The van der Waals surface area contributed by atoms with E-state index in [0.29, 0.717) is 18.2 Å². The first kappa shape index (κ1) is 20.2. The predicted octanol–water partition coefficient (Wildman–Crippen LogP) is 4.29. The maximum atomic E-state index is 12.5. The van der Waals surface area contributed by atoms with Crippen LogP contribution in [0.15, 0.2) is 59.0 Å². The van der Waals surface area contributed by atoms with E-state index >= 15 is 0 Å². The zero-order valence-electron chi connectivity index (χ0n) is 15.8. The molecule has 148 valence electrons. The number of carbonyl (C=O) groups excluding carboxylic acids is 1. The second kappa shape index (κ2) is 8.25. The number of furan rings is 1. The monoisotopic (exact) mass is 400 g/mol. The van der Waals surface area contributed by atoms with Gasteiger partial charge < -0.3 is 20.2 Å². The summed E-state index contributed by atoms with van der Waals surface area (Å²) in [5.41, 5.74) is 5.50. The van der Waals surface area contributed by atoms with Crippen LogP contribution in [0.5, 0.6) is 5.75 Å². The molecule has 28 heavy (non-hydrogen) atoms. The third-order valence-electron chi connectivity index (χ3n) is 5.29. The first-order chi connectivity index (χ1) is 13.1. The Balaban J connectivity index is 0.00000225. The van der Waals surface area contributed by atoms with Gasteiger partial charge >= 0.3 is 0 Å². The number of halogens is 1. The minimum absolute atomic E-state index is 0. The molecule has 4 rings (SSSR count). The van der Waals surface area contributed by atoms with Crippen molar-refractivity contribution in [2.45, 2.75) is 31.9 Å². The van der Waals surface area contributed by atoms with E-state index in [2.05, 4.69) is 11.4 Å². The summed E-state index contributed by atoms with van der Waals surface area (Å²) in [4.78, 5) is 12.5. The summed E-state index contributed by atoms with van der Waals surface area (Å²) in [5, 5.41) is 5.32. The van der Waals surface area contributed by atoms with Crippen LogP contribution < -0.4 is 15.8 Å². The topological polar surface area (TPSA) is 77.5 Å². The van der Waals surface area contributed by atoms with E-state index in [4.69, 9.17) is 14.9 Å². The fraction of sp³-hybridized carbons (Fsp3) is 0.318. The predicted molar refractivity (Wildman–Crippen MR) is 112 cm³/mol. The van der Waals surface area contributed by atoms with Crippen LogP contribution in [0, 0.1) is 5.92 Å². The molecule has 1 aliphatic carbocycles. The van der Waals surface area contributed by atoms with Gasteiger partial charge in [-0.3, -0.25) is 4.79 Å². The lowest BCUT2D eigenvalue weighted by Gasteiger charge is -2.28. The molecule has 5 nitrogen and oxygen atoms in total. The van der Waals surface area contributed by atoms with Gasteiger partial charge in [-0.1, -0.05) is 30.3 Å². The smallest absolute Gasteiger partial charge is 0.287 e. The van der Waals surface area contributed by atoms with Crippen LogP contribution in [0.4, 0.5) is 0 Å². The highest BCUT2D eigenvalue weighted by molar-refractivity contribution is 5.92. The lowest BCUT2D eigenvalue weighted by molar-refractivity contribution is 0.0865. The van der Waals surface area contributed by atoms with Gasteiger partial charge in [0.25, 0.3) is 5.91 Å². The van der Waals surface area contributed by atoms with Crippen molar-refractivity contribution in [2.75, 3.05) is 6.54 Å². The molecule has 1 saturated carbocycles. The molecule has 3 aromatic rings. The summed E-state index contributed by atoms with van der Waals surface area (Å²) < 4.78 is 11.5. The van der Waals surface area contributed by atoms with Gasteiger partial charge in [0.2, 0.25) is 0 Å². The zero-order chi connectivity index (χ0) is 18.9. The molecule has 0 spiro atoms. The largest absolute Gasteiger partial charge is 0.486 e. The third kappa shape index (κ3) is 4.32. The summed E-state index contributed by atoms with van der Waals surface area (Å²) >= 11 is 0. The number of amides is 1. The number of nitrogens with one attached hydrogen (secondary N) is 1. The molecule has 1 aliphatic rings. The van der Waals surface area contributed by atoms with Crippen molar-refractivity contribution in [1.29, 1.82) is 0 Å². The van der Waals surface area contributed by atoms with Crippen LogP contribution in [0.25, 0.3) is 10.8 Å². The Morgan fingerprint density at radius 1 is 1.18 bits per heavy atom. The highest BCUT2D eigenvalue weighted by atomic mass is 35.5. The Hall–Kier alpha value is -2.50. The number of hydrogen-bond acceptors (Lipinski definition) is 4. The van der Waals surface area contributed by atoms with Crippen molar-refractivity contribution < 1.29 is 13.9 Å². The van der Waals surface area contributed by atoms with Crippen molar-refractivity contribution in [1.82, 2.24) is 5.32 Å². The van der Waals surface area contributed by atoms with Crippen LogP contribution >= 0.6 is 12.4 Å². The zero-order valence-corrected chi connectivity index (χ0v) is 16.6. The van der Waals surface area contributed by atoms with Crippen LogP contribution in [-0.2, 0) is 6.61 Å². The van der Waals surface area contributed by atoms with Gasteiger partial charge in [0.05, 0.1) is 5.54 Å². The minimum Gasteiger partial charge on any atom is -0.486 e. The number of benzene rings is 2. The molecular weight excluding hydrogens is 376 g/mol. The van der Waals surface area contributed by atoms with Crippen LogP contribution in [-0.4, -0.2) is 18.0 Å². The van der Waals surface area contributed by atoms with Crippen LogP contribution in [0.2, 0.25) is 0 Å². The average molecular weight is 401 g/mol. The van der Waals surface area contributed by atoms with Crippen molar-refractivity contribution in [3.8, 4) is 5.75 Å². The van der Waals surface area contributed by atoms with Gasteiger partial charge in [0.1, 0.15) is 18.1 Å². The average Bonchev–Trinajstić information content (AvgIpc) is 3.45. The highest BCUT2D eigenvalue weighted by Gasteiger charge is 2.42. The van der Waals surface area contributed by atoms with E-state index in [9.17, 15) is 4.79 Å². The molecule has 1 atom stereocenters. The second-order valence-corrected chi connectivity index (χ2v) is 7.41. The molecule has 0 bridgehead atoms. The second-order valence-electron chi connectivity index (χ2n) is 7.41. The summed E-state index contributed by atoms with van der Waals surface area (Å²) in [6.07, 6.45) is 2.22. The summed E-state index contributed by atoms with van der Waals surface area (Å²) in [6, 6.07) is 17.5. The van der Waals surface area contributed by atoms with Gasteiger partial charge in [-0.2, -0.15) is 0 Å². The third-order valence-corrected chi connectivity index (χ3v) is 5.29. The van der Waals surface area contributed by atoms with E-state index in [-0.39, 0.29) is 36.2 Å². The van der Waals surface area contributed by atoms with E-state index in [1.807, 2.05) is 43.3 Å². The van der Waals surface area contributed by atoms with Gasteiger partial charge in [0.15, 0.2) is 5.76 Å². The number of ether oxygens (including phenoxy) is 1. The normalized spacial score (nSPS) is 15.5. The molecule has 1 fully saturated rings. The summed E-state index contributed by atoms with van der Waals surface area (Å²) in [5.74, 6) is 1.88. The van der Waals surface area contributed by atoms with E-state index < -0.39 is 0 Å². The van der Waals surface area contributed by atoms with Crippen molar-refractivity contribution >= 4 is 29.1 Å². The van der Waals surface area contributed by atoms with Gasteiger partial charge in [-0.15, -0.1) is 12.4 Å². The van der Waals surface area contributed by atoms with Gasteiger partial charge in [-0.25, -0.2) is 0 Å². The Labute approximate surface area is 170 Å². The summed E-state index contributed by atoms with van der Waals surface area (Å²) in [6.45, 7) is 2.68. The van der Waals surface area contributed by atoms with Crippen molar-refractivity contribution in [3.05, 3.63) is 66.1 Å². The quantitative estimate of drug-likeness (QED) is 0.620. The summed E-state index contributed by atoms with van der Waals surface area (Å²) in [7, 11) is 0. The van der Waals surface area contributed by atoms with E-state index in [1.165, 1.54) is 5.39 Å². The molecule has 0 saturated heterocycles. The number of carbonyl (C=O) groups is 1. The first-order valence-corrected chi connectivity index (χ1v) is 9.30. The Kier molecular flexibility index (Phi) is 5.96. The SMILES string of the molecule is CC(CN)(NC(=O)c1ccc(COc2ccc3ccccc3c2)o1)C1CC1.Cl. The van der Waals surface area contributed by atoms with Crippen molar-refractivity contribution in [3.63, 3.8) is 0 Å². The van der Waals surface area contributed by atoms with E-state index in [1.54, 1.807) is 12.1 Å². The first-order valence-electron chi connectivity index (χ1n) is 9.30. The maximum Gasteiger partial charge on any atom is 0.287 e. The van der Waals surface area contributed by atoms with E-state index in [0.717, 1.165) is 24.0 Å². The fourth-order valence-electron chi connectivity index (χ4n) is 3.35. The van der Waals surface area contributed by atoms with Gasteiger partial charge in [-0.05, 0) is 60.7 Å². The van der Waals surface area contributed by atoms with Crippen LogP contribution in [0.1, 0.15) is 36.1 Å². The molecule has 1 unspecified atom stereocenters. The van der Waals surface area contributed by atoms with Crippen molar-refractivity contribution in [2.24, 2.45) is 11.7 Å². The molecular formula is C22H25ClN2O3. The number of hydrogen-bond donors (Lipinski definition) is 2. The number of fused-ring (bicyclic) bond motifs is 1. The molecule has 0 radical (unpaired) electrons.